The monoisotopic (exact) mass is 387 g/mol. The van der Waals surface area contributed by atoms with E-state index < -0.39 is 17.7 Å². The maximum absolute atomic E-state index is 11.8. The lowest BCUT2D eigenvalue weighted by molar-refractivity contribution is -0.249. The molecule has 0 saturated carbocycles. The number of carbonyl (C=O) groups excluding carboxylic acids is 1. The highest BCUT2D eigenvalue weighted by Gasteiger charge is 2.40. The van der Waals surface area contributed by atoms with Gasteiger partial charge in [-0.15, -0.1) is 0 Å². The second kappa shape index (κ2) is 16.3. The summed E-state index contributed by atoms with van der Waals surface area (Å²) in [5, 5.41) is 19.0. The van der Waals surface area contributed by atoms with E-state index in [1.54, 1.807) is 18.9 Å². The van der Waals surface area contributed by atoms with Gasteiger partial charge in [0.1, 0.15) is 11.8 Å². The molecular formula is C22H45NO4. The topological polar surface area (TPSA) is 70.0 Å². The molecule has 0 bridgehead atoms. The first-order chi connectivity index (χ1) is 12.9. The summed E-state index contributed by atoms with van der Waals surface area (Å²) < 4.78 is 0. The number of nitrogens with zero attached hydrogens (tertiary/aromatic N) is 1. The van der Waals surface area contributed by atoms with Crippen molar-refractivity contribution < 1.29 is 20.0 Å². The summed E-state index contributed by atoms with van der Waals surface area (Å²) >= 11 is 0. The predicted octanol–water partition coefficient (Wildman–Crippen LogP) is 5.90. The molecule has 0 fully saturated rings. The fourth-order valence-corrected chi connectivity index (χ4v) is 3.50. The van der Waals surface area contributed by atoms with Gasteiger partial charge in [-0.25, -0.2) is 4.79 Å². The van der Waals surface area contributed by atoms with Crippen LogP contribution in [0.1, 0.15) is 117 Å². The molecule has 0 amide bonds. The highest BCUT2D eigenvalue weighted by atomic mass is 17.1. The summed E-state index contributed by atoms with van der Waals surface area (Å²) in [7, 11) is 1.70. The van der Waals surface area contributed by atoms with Crippen LogP contribution in [0.25, 0.3) is 0 Å². The van der Waals surface area contributed by atoms with Crippen LogP contribution in [0.4, 0.5) is 0 Å². The molecule has 2 atom stereocenters. The Morgan fingerprint density at radius 3 is 1.67 bits per heavy atom. The predicted molar refractivity (Wildman–Crippen MR) is 111 cm³/mol. The van der Waals surface area contributed by atoms with Crippen LogP contribution in [0, 0.1) is 0 Å². The molecule has 0 aromatic heterocycles. The van der Waals surface area contributed by atoms with E-state index in [1.165, 1.54) is 70.6 Å². The third-order valence-corrected chi connectivity index (χ3v) is 6.00. The van der Waals surface area contributed by atoms with Crippen LogP contribution in [0.15, 0.2) is 0 Å². The summed E-state index contributed by atoms with van der Waals surface area (Å²) in [6.45, 7) is 5.78. The largest absolute Gasteiger partial charge is 0.378 e. The van der Waals surface area contributed by atoms with Crippen LogP contribution < -0.4 is 0 Å². The Labute approximate surface area is 167 Å². The minimum atomic E-state index is -1.01. The van der Waals surface area contributed by atoms with Gasteiger partial charge in [-0.2, -0.15) is 5.26 Å². The first-order valence-corrected chi connectivity index (χ1v) is 11.2. The third-order valence-electron chi connectivity index (χ3n) is 6.00. The highest BCUT2D eigenvalue weighted by molar-refractivity contribution is 5.79. The van der Waals surface area contributed by atoms with Crippen molar-refractivity contribution in [3.8, 4) is 0 Å². The number of likely N-dealkylation sites (N-methyl/N-ethyl adjacent to an activating group) is 1. The molecule has 0 aliphatic rings. The minimum Gasteiger partial charge on any atom is -0.378 e. The summed E-state index contributed by atoms with van der Waals surface area (Å²) in [5.74, 6) is -0.725. The molecule has 0 rings (SSSR count). The lowest BCUT2D eigenvalue weighted by Gasteiger charge is -2.37. The van der Waals surface area contributed by atoms with Gasteiger partial charge >= 0.3 is 5.97 Å². The molecule has 0 aliphatic heterocycles. The summed E-state index contributed by atoms with van der Waals surface area (Å²) in [6.07, 6.45) is 17.2. The van der Waals surface area contributed by atoms with Gasteiger partial charge in [0.15, 0.2) is 0 Å². The number of rotatable bonds is 18. The van der Waals surface area contributed by atoms with Crippen LogP contribution >= 0.6 is 0 Å². The molecular weight excluding hydrogens is 342 g/mol. The lowest BCUT2D eigenvalue weighted by atomic mass is 9.96. The maximum Gasteiger partial charge on any atom is 0.361 e. The molecule has 2 unspecified atom stereocenters. The molecule has 2 N–H and O–H groups in total. The van der Waals surface area contributed by atoms with Gasteiger partial charge in [0.2, 0.25) is 0 Å². The standard InChI is InChI=1S/C22H45NO4/c1-5-7-8-9-10-11-12-13-14-15-16-17-18-19-20(24)23(4)22(3,6-2)21(25)27-26/h20,24,26H,5-19H2,1-4H3. The molecule has 0 radical (unpaired) electrons. The number of aliphatic hydroxyl groups excluding tert-OH is 1. The SMILES string of the molecule is CCCCCCCCCCCCCCCC(O)N(C)C(C)(CC)C(=O)OO. The number of unbranched alkanes of at least 4 members (excludes halogenated alkanes) is 12. The number of hydrogen-bond acceptors (Lipinski definition) is 5. The number of aliphatic hydroxyl groups is 1. The van der Waals surface area contributed by atoms with E-state index in [9.17, 15) is 9.90 Å². The van der Waals surface area contributed by atoms with E-state index in [1.807, 2.05) is 6.92 Å². The van der Waals surface area contributed by atoms with Gasteiger partial charge in [-0.1, -0.05) is 90.9 Å². The Morgan fingerprint density at radius 2 is 1.30 bits per heavy atom. The summed E-state index contributed by atoms with van der Waals surface area (Å²) in [6, 6.07) is 0. The third kappa shape index (κ3) is 11.1. The molecule has 27 heavy (non-hydrogen) atoms. The van der Waals surface area contributed by atoms with E-state index in [2.05, 4.69) is 11.8 Å². The van der Waals surface area contributed by atoms with Gasteiger partial charge in [0.25, 0.3) is 0 Å². The molecule has 5 nitrogen and oxygen atoms in total. The van der Waals surface area contributed by atoms with Gasteiger partial charge in [0.05, 0.1) is 0 Å². The molecule has 0 saturated heterocycles. The van der Waals surface area contributed by atoms with Gasteiger partial charge in [-0.05, 0) is 33.2 Å². The van der Waals surface area contributed by atoms with Crippen LogP contribution in [-0.2, 0) is 9.68 Å². The van der Waals surface area contributed by atoms with Gasteiger partial charge in [-0.3, -0.25) is 9.79 Å². The second-order valence-corrected chi connectivity index (χ2v) is 8.13. The molecule has 0 heterocycles. The molecule has 0 aliphatic carbocycles. The first-order valence-electron chi connectivity index (χ1n) is 11.2. The maximum atomic E-state index is 11.8. The Morgan fingerprint density at radius 1 is 0.889 bits per heavy atom. The van der Waals surface area contributed by atoms with Crippen molar-refractivity contribution in [1.82, 2.24) is 4.90 Å². The van der Waals surface area contributed by atoms with E-state index in [-0.39, 0.29) is 0 Å². The van der Waals surface area contributed by atoms with Crippen molar-refractivity contribution in [3.63, 3.8) is 0 Å². The Bertz CT molecular complexity index is 364. The molecule has 162 valence electrons. The van der Waals surface area contributed by atoms with Crippen molar-refractivity contribution in [1.29, 1.82) is 0 Å². The zero-order valence-corrected chi connectivity index (χ0v) is 18.3. The van der Waals surface area contributed by atoms with E-state index in [0.717, 1.165) is 12.8 Å². The normalized spacial score (nSPS) is 14.9. The number of carbonyl (C=O) groups is 1. The zero-order valence-electron chi connectivity index (χ0n) is 18.3. The van der Waals surface area contributed by atoms with Gasteiger partial charge in [0, 0.05) is 0 Å². The van der Waals surface area contributed by atoms with Crippen molar-refractivity contribution in [3.05, 3.63) is 0 Å². The average molecular weight is 388 g/mol. The summed E-state index contributed by atoms with van der Waals surface area (Å²) in [5.41, 5.74) is -1.01. The van der Waals surface area contributed by atoms with Crippen molar-refractivity contribution >= 4 is 5.97 Å². The quantitative estimate of drug-likeness (QED) is 0.132. The van der Waals surface area contributed by atoms with E-state index in [4.69, 9.17) is 5.26 Å². The average Bonchev–Trinajstić information content (AvgIpc) is 2.69. The highest BCUT2D eigenvalue weighted by Crippen LogP contribution is 2.23. The fourth-order valence-electron chi connectivity index (χ4n) is 3.50. The van der Waals surface area contributed by atoms with Crippen LogP contribution in [0.5, 0.6) is 0 Å². The molecule has 5 heteroatoms. The van der Waals surface area contributed by atoms with Gasteiger partial charge < -0.3 is 5.11 Å². The van der Waals surface area contributed by atoms with E-state index in [0.29, 0.717) is 12.8 Å². The first kappa shape index (κ1) is 26.4. The van der Waals surface area contributed by atoms with Crippen LogP contribution in [-0.4, -0.2) is 40.0 Å². The Balaban J connectivity index is 3.68. The second-order valence-electron chi connectivity index (χ2n) is 8.13. The van der Waals surface area contributed by atoms with E-state index >= 15 is 0 Å². The molecule has 0 aromatic carbocycles. The fraction of sp³-hybridized carbons (Fsp3) is 0.955. The van der Waals surface area contributed by atoms with Crippen LogP contribution in [0.3, 0.4) is 0 Å². The minimum absolute atomic E-state index is 0.457. The molecule has 0 aromatic rings. The van der Waals surface area contributed by atoms with Crippen molar-refractivity contribution in [2.24, 2.45) is 0 Å². The van der Waals surface area contributed by atoms with Crippen molar-refractivity contribution in [2.75, 3.05) is 7.05 Å². The summed E-state index contributed by atoms with van der Waals surface area (Å²) in [4.78, 5) is 17.3. The molecule has 0 spiro atoms. The van der Waals surface area contributed by atoms with Crippen LogP contribution in [0.2, 0.25) is 0 Å². The smallest absolute Gasteiger partial charge is 0.361 e. The number of hydrogen-bond donors (Lipinski definition) is 2. The zero-order chi connectivity index (χ0) is 20.5. The Kier molecular flexibility index (Phi) is 15.9. The Hall–Kier alpha value is -0.650. The van der Waals surface area contributed by atoms with Crippen molar-refractivity contribution in [2.45, 2.75) is 129 Å². The lowest BCUT2D eigenvalue weighted by Crippen LogP contribution is -2.54.